The Morgan fingerprint density at radius 1 is 1.32 bits per heavy atom. The van der Waals surface area contributed by atoms with Crippen molar-refractivity contribution in [3.63, 3.8) is 0 Å². The van der Waals surface area contributed by atoms with Crippen LogP contribution in [0.3, 0.4) is 0 Å². The van der Waals surface area contributed by atoms with E-state index in [1.807, 2.05) is 25.4 Å². The second-order valence-corrected chi connectivity index (χ2v) is 6.22. The van der Waals surface area contributed by atoms with Crippen molar-refractivity contribution in [2.75, 3.05) is 5.06 Å². The fourth-order valence-corrected chi connectivity index (χ4v) is 2.97. The Hall–Kier alpha value is -2.27. The van der Waals surface area contributed by atoms with Gasteiger partial charge in [-0.2, -0.15) is 5.10 Å². The molecule has 2 aromatic rings. The van der Waals surface area contributed by atoms with Crippen molar-refractivity contribution < 1.29 is 5.21 Å². The highest BCUT2D eigenvalue weighted by Gasteiger charge is 2.26. The Balaban J connectivity index is 2.24. The molecule has 1 aliphatic heterocycles. The lowest BCUT2D eigenvalue weighted by Gasteiger charge is -2.31. The molecule has 0 radical (unpaired) electrons. The minimum Gasteiger partial charge on any atom is -0.384 e. The van der Waals surface area contributed by atoms with Gasteiger partial charge in [0.05, 0.1) is 11.4 Å². The molecule has 0 bridgehead atoms. The summed E-state index contributed by atoms with van der Waals surface area (Å²) in [7, 11) is 1.91. The number of hydrogen-bond acceptors (Lipinski definition) is 4. The Kier molecular flexibility index (Phi) is 3.45. The monoisotopic (exact) mass is 298 g/mol. The van der Waals surface area contributed by atoms with Gasteiger partial charge in [-0.3, -0.25) is 9.89 Å². The number of hydrogen-bond donors (Lipinski definition) is 2. The van der Waals surface area contributed by atoms with Gasteiger partial charge in [0.25, 0.3) is 0 Å². The van der Waals surface area contributed by atoms with Crippen molar-refractivity contribution in [3.8, 4) is 11.3 Å². The van der Waals surface area contributed by atoms with Gasteiger partial charge in [0.2, 0.25) is 0 Å². The van der Waals surface area contributed by atoms with Gasteiger partial charge >= 0.3 is 0 Å². The topological polar surface area (TPSA) is 67.3 Å². The third-order valence-corrected chi connectivity index (χ3v) is 4.17. The molecule has 1 aliphatic rings. The number of anilines is 1. The van der Waals surface area contributed by atoms with Gasteiger partial charge in [-0.25, -0.2) is 5.06 Å². The van der Waals surface area contributed by atoms with Gasteiger partial charge in [-0.05, 0) is 41.3 Å². The molecule has 1 aromatic carbocycles. The lowest BCUT2D eigenvalue weighted by Crippen LogP contribution is -2.29. The molecular formula is C17H22N4O. The third-order valence-electron chi connectivity index (χ3n) is 4.17. The standard InChI is InChI=1S/C17H22N4O/c1-10(2)13-8-12(15-5-6-20(4)19-15)9-14-11(3)7-16(18)21(22)17(13)14/h5-11,22H,18H2,1-4H3. The van der Waals surface area contributed by atoms with E-state index in [-0.39, 0.29) is 11.8 Å². The van der Waals surface area contributed by atoms with Crippen molar-refractivity contribution in [3.05, 3.63) is 47.4 Å². The Labute approximate surface area is 130 Å². The molecule has 1 atom stereocenters. The van der Waals surface area contributed by atoms with Crippen LogP contribution in [0.25, 0.3) is 11.3 Å². The van der Waals surface area contributed by atoms with Crippen LogP contribution in [0.15, 0.2) is 36.3 Å². The summed E-state index contributed by atoms with van der Waals surface area (Å²) in [5.74, 6) is 0.803. The molecule has 0 fully saturated rings. The lowest BCUT2D eigenvalue weighted by molar-refractivity contribution is 0.276. The molecule has 3 N–H and O–H groups in total. The summed E-state index contributed by atoms with van der Waals surface area (Å²) < 4.78 is 1.80. The van der Waals surface area contributed by atoms with E-state index in [1.165, 1.54) is 0 Å². The summed E-state index contributed by atoms with van der Waals surface area (Å²) in [4.78, 5) is 0. The first-order chi connectivity index (χ1) is 10.4. The van der Waals surface area contributed by atoms with Crippen LogP contribution in [-0.2, 0) is 7.05 Å². The summed E-state index contributed by atoms with van der Waals surface area (Å²) >= 11 is 0. The normalized spacial score (nSPS) is 17.6. The number of fused-ring (bicyclic) bond motifs is 1. The van der Waals surface area contributed by atoms with E-state index < -0.39 is 0 Å². The number of rotatable bonds is 2. The van der Waals surface area contributed by atoms with Crippen molar-refractivity contribution >= 4 is 5.69 Å². The summed E-state index contributed by atoms with van der Waals surface area (Å²) in [5, 5.41) is 16.0. The van der Waals surface area contributed by atoms with E-state index in [9.17, 15) is 5.21 Å². The van der Waals surface area contributed by atoms with E-state index >= 15 is 0 Å². The van der Waals surface area contributed by atoms with Crippen LogP contribution in [0.2, 0.25) is 0 Å². The fourth-order valence-electron chi connectivity index (χ4n) is 2.97. The maximum atomic E-state index is 10.4. The number of aromatic nitrogens is 2. The predicted molar refractivity (Wildman–Crippen MR) is 87.7 cm³/mol. The number of nitrogens with two attached hydrogens (primary N) is 1. The van der Waals surface area contributed by atoms with Gasteiger partial charge in [-0.15, -0.1) is 0 Å². The quantitative estimate of drug-likeness (QED) is 0.892. The highest BCUT2D eigenvalue weighted by atomic mass is 16.5. The molecule has 0 spiro atoms. The molecule has 22 heavy (non-hydrogen) atoms. The van der Waals surface area contributed by atoms with Crippen LogP contribution in [0.4, 0.5) is 5.69 Å². The van der Waals surface area contributed by atoms with Crippen LogP contribution in [-0.4, -0.2) is 15.0 Å². The lowest BCUT2D eigenvalue weighted by atomic mass is 9.87. The molecule has 0 saturated heterocycles. The van der Waals surface area contributed by atoms with Crippen LogP contribution >= 0.6 is 0 Å². The van der Waals surface area contributed by atoms with Crippen molar-refractivity contribution in [1.82, 2.24) is 9.78 Å². The summed E-state index contributed by atoms with van der Waals surface area (Å²) in [6, 6.07) is 6.20. The Morgan fingerprint density at radius 3 is 2.64 bits per heavy atom. The number of benzene rings is 1. The zero-order chi connectivity index (χ0) is 16.0. The average Bonchev–Trinajstić information content (AvgIpc) is 2.90. The molecular weight excluding hydrogens is 276 g/mol. The zero-order valence-corrected chi connectivity index (χ0v) is 13.4. The van der Waals surface area contributed by atoms with Gasteiger partial charge in [0.1, 0.15) is 5.82 Å². The Morgan fingerprint density at radius 2 is 2.05 bits per heavy atom. The second kappa shape index (κ2) is 5.18. The molecule has 3 rings (SSSR count). The summed E-state index contributed by atoms with van der Waals surface area (Å²) in [6.07, 6.45) is 3.80. The second-order valence-electron chi connectivity index (χ2n) is 6.22. The molecule has 5 heteroatoms. The van der Waals surface area contributed by atoms with Crippen molar-refractivity contribution in [2.24, 2.45) is 12.8 Å². The van der Waals surface area contributed by atoms with E-state index in [2.05, 4.69) is 38.0 Å². The van der Waals surface area contributed by atoms with E-state index in [4.69, 9.17) is 5.73 Å². The molecule has 5 nitrogen and oxygen atoms in total. The SMILES string of the molecule is CC(C)c1cc(-c2ccn(C)n2)cc2c1N(O)C(N)=CC2C. The molecule has 0 aliphatic carbocycles. The first-order valence-corrected chi connectivity index (χ1v) is 7.52. The first kappa shape index (κ1) is 14.7. The first-order valence-electron chi connectivity index (χ1n) is 7.52. The average molecular weight is 298 g/mol. The summed E-state index contributed by atoms with van der Waals surface area (Å²) in [6.45, 7) is 6.32. The molecule has 2 heterocycles. The van der Waals surface area contributed by atoms with Crippen LogP contribution in [0.5, 0.6) is 0 Å². The highest BCUT2D eigenvalue weighted by molar-refractivity contribution is 5.73. The number of hydroxylamine groups is 1. The van der Waals surface area contributed by atoms with Crippen LogP contribution in [0.1, 0.15) is 43.7 Å². The maximum absolute atomic E-state index is 10.4. The molecule has 1 aromatic heterocycles. The predicted octanol–water partition coefficient (Wildman–Crippen LogP) is 3.32. The highest BCUT2D eigenvalue weighted by Crippen LogP contribution is 2.42. The van der Waals surface area contributed by atoms with E-state index in [1.54, 1.807) is 4.68 Å². The largest absolute Gasteiger partial charge is 0.384 e. The van der Waals surface area contributed by atoms with Gasteiger partial charge < -0.3 is 5.73 Å². The number of nitrogens with zero attached hydrogens (tertiary/aromatic N) is 3. The summed E-state index contributed by atoms with van der Waals surface area (Å²) in [5.41, 5.74) is 10.9. The van der Waals surface area contributed by atoms with Crippen molar-refractivity contribution in [1.29, 1.82) is 0 Å². The number of allylic oxidation sites excluding steroid dienone is 1. The zero-order valence-electron chi connectivity index (χ0n) is 13.4. The fraction of sp³-hybridized carbons (Fsp3) is 0.353. The third kappa shape index (κ3) is 2.27. The van der Waals surface area contributed by atoms with Crippen molar-refractivity contribution in [2.45, 2.75) is 32.6 Å². The Bertz CT molecular complexity index is 745. The maximum Gasteiger partial charge on any atom is 0.125 e. The minimum atomic E-state index is 0.152. The molecule has 0 amide bonds. The minimum absolute atomic E-state index is 0.152. The molecule has 116 valence electrons. The smallest absolute Gasteiger partial charge is 0.125 e. The number of aryl methyl sites for hydroxylation is 1. The molecule has 1 unspecified atom stereocenters. The van der Waals surface area contributed by atoms with Crippen LogP contribution in [0, 0.1) is 0 Å². The van der Waals surface area contributed by atoms with E-state index in [0.29, 0.717) is 5.82 Å². The van der Waals surface area contributed by atoms with E-state index in [0.717, 1.165) is 33.1 Å². The van der Waals surface area contributed by atoms with Gasteiger partial charge in [0, 0.05) is 24.7 Å². The van der Waals surface area contributed by atoms with Gasteiger partial charge in [0.15, 0.2) is 0 Å². The van der Waals surface area contributed by atoms with Gasteiger partial charge in [-0.1, -0.05) is 20.8 Å². The molecule has 0 saturated carbocycles. The van der Waals surface area contributed by atoms with Crippen LogP contribution < -0.4 is 10.8 Å².